The molecule has 0 aliphatic rings. The second-order valence-electron chi connectivity index (χ2n) is 3.87. The third-order valence-electron chi connectivity index (χ3n) is 2.42. The third-order valence-corrected chi connectivity index (χ3v) is 3.37. The fourth-order valence-electron chi connectivity index (χ4n) is 1.42. The summed E-state index contributed by atoms with van der Waals surface area (Å²) in [7, 11) is 0. The van der Waals surface area contributed by atoms with Gasteiger partial charge in [0.2, 0.25) is 0 Å². The summed E-state index contributed by atoms with van der Waals surface area (Å²) in [5.41, 5.74) is -0.180. The lowest BCUT2D eigenvalue weighted by Gasteiger charge is -2.15. The highest BCUT2D eigenvalue weighted by Crippen LogP contribution is 2.24. The number of anilines is 1. The molecule has 1 aromatic carbocycles. The number of carbonyl (C=O) groups excluding carboxylic acids is 1. The zero-order chi connectivity index (χ0) is 15.1. The first-order valence-electron chi connectivity index (χ1n) is 5.69. The third kappa shape index (κ3) is 4.90. The predicted molar refractivity (Wildman–Crippen MR) is 78.0 cm³/mol. The van der Waals surface area contributed by atoms with Crippen LogP contribution >= 0.6 is 23.4 Å². The van der Waals surface area contributed by atoms with Gasteiger partial charge in [-0.1, -0.05) is 17.7 Å². The Labute approximate surface area is 124 Å². The second kappa shape index (κ2) is 7.96. The van der Waals surface area contributed by atoms with Crippen LogP contribution in [0.15, 0.2) is 18.2 Å². The van der Waals surface area contributed by atoms with Gasteiger partial charge in [0.1, 0.15) is 11.9 Å². The highest BCUT2D eigenvalue weighted by molar-refractivity contribution is 7.98. The quantitative estimate of drug-likeness (QED) is 0.753. The molecule has 1 aromatic rings. The zero-order valence-corrected chi connectivity index (χ0v) is 12.2. The molecule has 0 heterocycles. The van der Waals surface area contributed by atoms with Gasteiger partial charge >= 0.3 is 12.0 Å². The smallest absolute Gasteiger partial charge is 0.326 e. The lowest BCUT2D eigenvalue weighted by molar-refractivity contribution is -0.139. The van der Waals surface area contributed by atoms with Crippen LogP contribution in [-0.2, 0) is 4.79 Å². The maximum atomic E-state index is 13.5. The summed E-state index contributed by atoms with van der Waals surface area (Å²) in [5.74, 6) is -1.25. The summed E-state index contributed by atoms with van der Waals surface area (Å²) in [6, 6.07) is 2.12. The number of carbonyl (C=O) groups is 2. The number of amides is 2. The second-order valence-corrected chi connectivity index (χ2v) is 5.26. The predicted octanol–water partition coefficient (Wildman–Crippen LogP) is 2.81. The summed E-state index contributed by atoms with van der Waals surface area (Å²) >= 11 is 7.22. The van der Waals surface area contributed by atoms with Gasteiger partial charge in [-0.2, -0.15) is 11.8 Å². The lowest BCUT2D eigenvalue weighted by atomic mass is 10.2. The van der Waals surface area contributed by atoms with Gasteiger partial charge in [0.15, 0.2) is 0 Å². The molecule has 1 rings (SSSR count). The van der Waals surface area contributed by atoms with Crippen LogP contribution in [0.1, 0.15) is 6.42 Å². The molecule has 110 valence electrons. The van der Waals surface area contributed by atoms with E-state index < -0.39 is 23.9 Å². The van der Waals surface area contributed by atoms with Crippen LogP contribution in [0.3, 0.4) is 0 Å². The van der Waals surface area contributed by atoms with E-state index >= 15 is 0 Å². The number of benzene rings is 1. The summed E-state index contributed by atoms with van der Waals surface area (Å²) < 4.78 is 13.5. The van der Waals surface area contributed by atoms with Gasteiger partial charge in [0, 0.05) is 0 Å². The van der Waals surface area contributed by atoms with Crippen LogP contribution in [0, 0.1) is 5.82 Å². The number of carboxylic acids is 1. The minimum Gasteiger partial charge on any atom is -0.480 e. The van der Waals surface area contributed by atoms with E-state index in [4.69, 9.17) is 16.7 Å². The summed E-state index contributed by atoms with van der Waals surface area (Å²) in [4.78, 5) is 22.7. The molecule has 5 nitrogen and oxygen atoms in total. The molecule has 0 aromatic heterocycles. The first kappa shape index (κ1) is 16.6. The number of thioether (sulfide) groups is 1. The standard InChI is InChI=1S/C12H14ClFN2O3S/c1-20-6-5-9(11(17)18)15-12(19)16-10-7(13)3-2-4-8(10)14/h2-4,9H,5-6H2,1H3,(H,17,18)(H2,15,16,19)/t9-/m1/s1. The van der Waals surface area contributed by atoms with Gasteiger partial charge in [-0.05, 0) is 30.6 Å². The maximum Gasteiger partial charge on any atom is 0.326 e. The largest absolute Gasteiger partial charge is 0.480 e. The summed E-state index contributed by atoms with van der Waals surface area (Å²) in [6.45, 7) is 0. The minimum atomic E-state index is -1.14. The van der Waals surface area contributed by atoms with Crippen molar-refractivity contribution in [2.75, 3.05) is 17.3 Å². The Kier molecular flexibility index (Phi) is 6.60. The van der Waals surface area contributed by atoms with Crippen molar-refractivity contribution in [3.8, 4) is 0 Å². The minimum absolute atomic E-state index is 0.0381. The molecule has 8 heteroatoms. The number of halogens is 2. The first-order chi connectivity index (χ1) is 9.45. The van der Waals surface area contributed by atoms with Gasteiger partial charge in [0.25, 0.3) is 0 Å². The first-order valence-corrected chi connectivity index (χ1v) is 7.46. The molecule has 0 fully saturated rings. The summed E-state index contributed by atoms with van der Waals surface area (Å²) in [5, 5.41) is 13.5. The number of nitrogens with one attached hydrogen (secondary N) is 2. The van der Waals surface area contributed by atoms with E-state index in [0.717, 1.165) is 6.07 Å². The zero-order valence-electron chi connectivity index (χ0n) is 10.7. The van der Waals surface area contributed by atoms with Crippen molar-refractivity contribution in [2.24, 2.45) is 0 Å². The van der Waals surface area contributed by atoms with Gasteiger partial charge in [-0.3, -0.25) is 0 Å². The Balaban J connectivity index is 2.68. The van der Waals surface area contributed by atoms with Crippen molar-refractivity contribution in [1.82, 2.24) is 5.32 Å². The molecule has 0 bridgehead atoms. The number of aliphatic carboxylic acids is 1. The van der Waals surface area contributed by atoms with Crippen molar-refractivity contribution in [3.05, 3.63) is 29.0 Å². The lowest BCUT2D eigenvalue weighted by Crippen LogP contribution is -2.43. The van der Waals surface area contributed by atoms with Crippen LogP contribution in [0.4, 0.5) is 14.9 Å². The van der Waals surface area contributed by atoms with Gasteiger partial charge in [-0.15, -0.1) is 0 Å². The normalized spacial score (nSPS) is 11.8. The average Bonchev–Trinajstić information content (AvgIpc) is 2.38. The van der Waals surface area contributed by atoms with Crippen molar-refractivity contribution in [1.29, 1.82) is 0 Å². The number of hydrogen-bond donors (Lipinski definition) is 3. The van der Waals surface area contributed by atoms with E-state index in [1.165, 1.54) is 23.9 Å². The van der Waals surface area contributed by atoms with Crippen LogP contribution in [0.2, 0.25) is 5.02 Å². The molecule has 0 unspecified atom stereocenters. The van der Waals surface area contributed by atoms with Crippen molar-refractivity contribution in [3.63, 3.8) is 0 Å². The van der Waals surface area contributed by atoms with Crippen molar-refractivity contribution < 1.29 is 19.1 Å². The fourth-order valence-corrected chi connectivity index (χ4v) is 2.10. The fraction of sp³-hybridized carbons (Fsp3) is 0.333. The Morgan fingerprint density at radius 1 is 1.50 bits per heavy atom. The van der Waals surface area contributed by atoms with Crippen molar-refractivity contribution >= 4 is 41.1 Å². The number of carboxylic acid groups (broad SMARTS) is 1. The van der Waals surface area contributed by atoms with Crippen LogP contribution < -0.4 is 10.6 Å². The van der Waals surface area contributed by atoms with E-state index in [1.807, 2.05) is 6.26 Å². The van der Waals surface area contributed by atoms with E-state index in [2.05, 4.69) is 10.6 Å². The highest BCUT2D eigenvalue weighted by atomic mass is 35.5. The molecule has 1 atom stereocenters. The maximum absolute atomic E-state index is 13.5. The molecular formula is C12H14ClFN2O3S. The molecule has 2 amide bonds. The Morgan fingerprint density at radius 3 is 2.75 bits per heavy atom. The van der Waals surface area contributed by atoms with Gasteiger partial charge < -0.3 is 15.7 Å². The van der Waals surface area contributed by atoms with Crippen LogP contribution in [0.5, 0.6) is 0 Å². The molecule has 20 heavy (non-hydrogen) atoms. The van der Waals surface area contributed by atoms with Crippen molar-refractivity contribution in [2.45, 2.75) is 12.5 Å². The van der Waals surface area contributed by atoms with E-state index in [1.54, 1.807) is 0 Å². The molecule has 0 spiro atoms. The Hall–Kier alpha value is -1.47. The molecule has 0 radical (unpaired) electrons. The number of para-hydroxylation sites is 1. The Morgan fingerprint density at radius 2 is 2.20 bits per heavy atom. The SMILES string of the molecule is CSCC[C@@H](NC(=O)Nc1c(F)cccc1Cl)C(=O)O. The average molecular weight is 321 g/mol. The molecule has 0 aliphatic heterocycles. The van der Waals surface area contributed by atoms with E-state index in [9.17, 15) is 14.0 Å². The van der Waals surface area contributed by atoms with E-state index in [0.29, 0.717) is 5.75 Å². The summed E-state index contributed by atoms with van der Waals surface area (Å²) in [6.07, 6.45) is 2.10. The van der Waals surface area contributed by atoms with Gasteiger partial charge in [-0.25, -0.2) is 14.0 Å². The monoisotopic (exact) mass is 320 g/mol. The highest BCUT2D eigenvalue weighted by Gasteiger charge is 2.20. The van der Waals surface area contributed by atoms with Crippen LogP contribution in [-0.4, -0.2) is 35.2 Å². The Bertz CT molecular complexity index is 481. The molecule has 0 saturated carbocycles. The number of hydrogen-bond acceptors (Lipinski definition) is 3. The topological polar surface area (TPSA) is 78.4 Å². The van der Waals surface area contributed by atoms with Gasteiger partial charge in [0.05, 0.1) is 10.7 Å². The molecule has 3 N–H and O–H groups in total. The molecule has 0 saturated heterocycles. The molecular weight excluding hydrogens is 307 g/mol. The number of urea groups is 1. The van der Waals surface area contributed by atoms with Crippen LogP contribution in [0.25, 0.3) is 0 Å². The number of rotatable bonds is 6. The molecule has 0 aliphatic carbocycles. The van der Waals surface area contributed by atoms with E-state index in [-0.39, 0.29) is 17.1 Å².